The number of methoxy groups -OCH3 is 1. The number of urea groups is 1. The van der Waals surface area contributed by atoms with Crippen molar-refractivity contribution in [3.63, 3.8) is 0 Å². The predicted molar refractivity (Wildman–Crippen MR) is 134 cm³/mol. The number of hydrogen-bond donors (Lipinski definition) is 3. The zero-order chi connectivity index (χ0) is 25.8. The molecule has 9 nitrogen and oxygen atoms in total. The highest BCUT2D eigenvalue weighted by Crippen LogP contribution is 2.33. The van der Waals surface area contributed by atoms with Crippen LogP contribution in [0.15, 0.2) is 24.3 Å². The molecule has 36 heavy (non-hydrogen) atoms. The summed E-state index contributed by atoms with van der Waals surface area (Å²) in [4.78, 5) is 26.4. The molecule has 2 heterocycles. The molecule has 0 aliphatic carbocycles. The summed E-state index contributed by atoms with van der Waals surface area (Å²) < 4.78 is 30.4. The molecule has 0 radical (unpaired) electrons. The lowest BCUT2D eigenvalue weighted by atomic mass is 9.88. The molecule has 2 fully saturated rings. The Labute approximate surface area is 213 Å². The number of benzene rings is 1. The van der Waals surface area contributed by atoms with Crippen LogP contribution in [0.25, 0.3) is 0 Å². The zero-order valence-electron chi connectivity index (χ0n) is 21.5. The average molecular weight is 509 g/mol. The lowest BCUT2D eigenvalue weighted by molar-refractivity contribution is -0.00889. The number of ether oxygens (including phenoxy) is 3. The van der Waals surface area contributed by atoms with Crippen LogP contribution < -0.4 is 16.0 Å². The summed E-state index contributed by atoms with van der Waals surface area (Å²) in [5.74, 6) is 0.121. The van der Waals surface area contributed by atoms with Crippen LogP contribution in [0.4, 0.5) is 14.0 Å². The highest BCUT2D eigenvalue weighted by Gasteiger charge is 2.32. The zero-order valence-corrected chi connectivity index (χ0v) is 21.5. The number of alkyl carbamates (subject to hydrolysis) is 1. The van der Waals surface area contributed by atoms with Crippen molar-refractivity contribution in [1.82, 2.24) is 20.9 Å². The van der Waals surface area contributed by atoms with Crippen molar-refractivity contribution in [2.45, 2.75) is 44.2 Å². The number of rotatable bonds is 11. The first kappa shape index (κ1) is 28.1. The van der Waals surface area contributed by atoms with Gasteiger partial charge < -0.3 is 35.1 Å². The van der Waals surface area contributed by atoms with Crippen LogP contribution in [0.3, 0.4) is 0 Å². The highest BCUT2D eigenvalue weighted by molar-refractivity contribution is 5.74. The standard InChI is InChI=1S/C26H41FN4O5/c1-28-16-23(14-19-6-5-12-35-18-19)30-25(32)31-11-4-8-21(17-31)24(20-7-3-9-22(27)15-20)36-13-10-29-26(33)34-2/h3,7,9,15,19,21,23-24,28H,4-6,8,10-14,16-18H2,1-2H3,(H,29,33)(H,30,32)/t19?,21-,23+,24?/m1/s1. The maximum absolute atomic E-state index is 14.0. The van der Waals surface area contributed by atoms with Gasteiger partial charge in [0, 0.05) is 51.4 Å². The SMILES string of the molecule is CNC[C@H](CC1CCCOC1)NC(=O)N1CCC[C@@H](C(OCCNC(=O)OC)c2cccc(F)c2)C1. The maximum Gasteiger partial charge on any atom is 0.406 e. The summed E-state index contributed by atoms with van der Waals surface area (Å²) in [5.41, 5.74) is 0.727. The largest absolute Gasteiger partial charge is 0.453 e. The minimum atomic E-state index is -0.530. The van der Waals surface area contributed by atoms with E-state index in [4.69, 9.17) is 9.47 Å². The Morgan fingerprint density at radius 3 is 2.86 bits per heavy atom. The molecule has 1 aromatic rings. The monoisotopic (exact) mass is 508 g/mol. The van der Waals surface area contributed by atoms with Crippen molar-refractivity contribution < 1.29 is 28.2 Å². The van der Waals surface area contributed by atoms with E-state index in [2.05, 4.69) is 20.7 Å². The molecule has 1 aromatic carbocycles. The van der Waals surface area contributed by atoms with Crippen LogP contribution in [-0.2, 0) is 14.2 Å². The van der Waals surface area contributed by atoms with Crippen molar-refractivity contribution in [3.8, 4) is 0 Å². The summed E-state index contributed by atoms with van der Waals surface area (Å²) in [6.45, 7) is 3.96. The van der Waals surface area contributed by atoms with Gasteiger partial charge in [-0.05, 0) is 62.8 Å². The summed E-state index contributed by atoms with van der Waals surface area (Å²) >= 11 is 0. The topological polar surface area (TPSA) is 101 Å². The number of likely N-dealkylation sites (tertiary alicyclic amines) is 1. The molecule has 0 bridgehead atoms. The van der Waals surface area contributed by atoms with E-state index in [0.29, 0.717) is 25.6 Å². The Morgan fingerprint density at radius 1 is 1.28 bits per heavy atom. The highest BCUT2D eigenvalue weighted by atomic mass is 19.1. The third kappa shape index (κ3) is 8.90. The van der Waals surface area contributed by atoms with Crippen LogP contribution >= 0.6 is 0 Å². The van der Waals surface area contributed by atoms with Crippen molar-refractivity contribution in [1.29, 1.82) is 0 Å². The second kappa shape index (κ2) is 15.0. The fourth-order valence-corrected chi connectivity index (χ4v) is 5.14. The van der Waals surface area contributed by atoms with E-state index in [-0.39, 0.29) is 37.0 Å². The van der Waals surface area contributed by atoms with Gasteiger partial charge in [-0.2, -0.15) is 0 Å². The first-order valence-electron chi connectivity index (χ1n) is 13.0. The fourth-order valence-electron chi connectivity index (χ4n) is 5.14. The van der Waals surface area contributed by atoms with Crippen LogP contribution in [0.5, 0.6) is 0 Å². The third-order valence-electron chi connectivity index (χ3n) is 6.86. The normalized spacial score (nSPS) is 21.9. The molecule has 2 aliphatic heterocycles. The Hall–Kier alpha value is -2.43. The van der Waals surface area contributed by atoms with E-state index in [0.717, 1.165) is 50.9 Å². The lowest BCUT2D eigenvalue weighted by Gasteiger charge is -2.38. The van der Waals surface area contributed by atoms with E-state index in [1.54, 1.807) is 6.07 Å². The number of amides is 3. The van der Waals surface area contributed by atoms with Gasteiger partial charge in [-0.3, -0.25) is 0 Å². The first-order chi connectivity index (χ1) is 17.5. The molecule has 0 saturated carbocycles. The van der Waals surface area contributed by atoms with Gasteiger partial charge in [0.05, 0.1) is 19.8 Å². The van der Waals surface area contributed by atoms with Gasteiger partial charge in [-0.25, -0.2) is 14.0 Å². The molecule has 3 N–H and O–H groups in total. The molecule has 3 amide bonds. The first-order valence-corrected chi connectivity index (χ1v) is 13.0. The number of nitrogens with zero attached hydrogens (tertiary/aromatic N) is 1. The number of carbonyl (C=O) groups excluding carboxylic acids is 2. The molecule has 0 spiro atoms. The van der Waals surface area contributed by atoms with E-state index >= 15 is 0 Å². The number of piperidine rings is 1. The second-order valence-electron chi connectivity index (χ2n) is 9.64. The molecule has 3 rings (SSSR count). The van der Waals surface area contributed by atoms with E-state index in [1.807, 2.05) is 18.0 Å². The van der Waals surface area contributed by atoms with E-state index in [1.165, 1.54) is 19.2 Å². The molecule has 0 aromatic heterocycles. The van der Waals surface area contributed by atoms with Crippen molar-refractivity contribution >= 4 is 12.1 Å². The number of likely N-dealkylation sites (N-methyl/N-ethyl adjacent to an activating group) is 1. The number of carbonyl (C=O) groups is 2. The van der Waals surface area contributed by atoms with Gasteiger partial charge in [0.1, 0.15) is 5.82 Å². The van der Waals surface area contributed by atoms with Crippen LogP contribution in [0, 0.1) is 17.7 Å². The van der Waals surface area contributed by atoms with Gasteiger partial charge in [0.15, 0.2) is 0 Å². The summed E-state index contributed by atoms with van der Waals surface area (Å²) in [6.07, 6.45) is 3.83. The van der Waals surface area contributed by atoms with Gasteiger partial charge in [-0.15, -0.1) is 0 Å². The van der Waals surface area contributed by atoms with Gasteiger partial charge >= 0.3 is 12.1 Å². The lowest BCUT2D eigenvalue weighted by Crippen LogP contribution is -2.52. The average Bonchev–Trinajstić information content (AvgIpc) is 2.89. The molecule has 2 aliphatic rings. The predicted octanol–water partition coefficient (Wildman–Crippen LogP) is 3.07. The van der Waals surface area contributed by atoms with E-state index in [9.17, 15) is 14.0 Å². The fraction of sp³-hybridized carbons (Fsp3) is 0.692. The van der Waals surface area contributed by atoms with Crippen LogP contribution in [-0.4, -0.2) is 83.2 Å². The molecule has 10 heteroatoms. The number of hydrogen-bond acceptors (Lipinski definition) is 6. The third-order valence-corrected chi connectivity index (χ3v) is 6.86. The molecular weight excluding hydrogens is 467 g/mol. The molecule has 2 saturated heterocycles. The Morgan fingerprint density at radius 2 is 2.14 bits per heavy atom. The van der Waals surface area contributed by atoms with Crippen LogP contribution in [0.2, 0.25) is 0 Å². The van der Waals surface area contributed by atoms with Crippen molar-refractivity contribution in [2.75, 3.05) is 60.2 Å². The maximum atomic E-state index is 14.0. The van der Waals surface area contributed by atoms with Gasteiger partial charge in [-0.1, -0.05) is 12.1 Å². The van der Waals surface area contributed by atoms with E-state index < -0.39 is 12.2 Å². The van der Waals surface area contributed by atoms with Crippen LogP contribution in [0.1, 0.15) is 43.8 Å². The Balaban J connectivity index is 1.62. The van der Waals surface area contributed by atoms with Gasteiger partial charge in [0.2, 0.25) is 0 Å². The number of nitrogens with one attached hydrogen (secondary N) is 3. The summed E-state index contributed by atoms with van der Waals surface area (Å²) in [7, 11) is 3.20. The quantitative estimate of drug-likeness (QED) is 0.397. The Bertz CT molecular complexity index is 823. The molecule has 4 atom stereocenters. The Kier molecular flexibility index (Phi) is 11.7. The second-order valence-corrected chi connectivity index (χ2v) is 9.64. The van der Waals surface area contributed by atoms with Crippen molar-refractivity contribution in [2.24, 2.45) is 11.8 Å². The molecule has 202 valence electrons. The summed E-state index contributed by atoms with van der Waals surface area (Å²) in [5, 5.41) is 9.01. The minimum Gasteiger partial charge on any atom is -0.453 e. The van der Waals surface area contributed by atoms with Crippen molar-refractivity contribution in [3.05, 3.63) is 35.6 Å². The minimum absolute atomic E-state index is 0.000999. The van der Waals surface area contributed by atoms with Gasteiger partial charge in [0.25, 0.3) is 0 Å². The molecule has 2 unspecified atom stereocenters. The summed E-state index contributed by atoms with van der Waals surface area (Å²) in [6, 6.07) is 6.33. The molecular formula is C26H41FN4O5. The number of halogens is 1. The smallest absolute Gasteiger partial charge is 0.406 e.